The molecule has 3 aromatic rings. The maximum Gasteiger partial charge on any atom is 0.246 e. The number of likely N-dealkylation sites (tertiary alicyclic amines) is 1. The quantitative estimate of drug-likeness (QED) is 0.323. The number of carbonyl (C=O) groups is 3. The second kappa shape index (κ2) is 12.0. The van der Waals surface area contributed by atoms with Crippen molar-refractivity contribution in [3.05, 3.63) is 96.6 Å². The summed E-state index contributed by atoms with van der Waals surface area (Å²) < 4.78 is 17.7. The van der Waals surface area contributed by atoms with Gasteiger partial charge in [-0.2, -0.15) is 0 Å². The molecule has 9 nitrogen and oxygen atoms in total. The number of amides is 3. The first-order valence-corrected chi connectivity index (χ1v) is 15.7. The summed E-state index contributed by atoms with van der Waals surface area (Å²) in [6, 6.07) is 23.2. The number of anilines is 1. The Hall–Kier alpha value is -4.63. The number of carbonyl (C=O) groups excluding carboxylic acids is 3. The van der Waals surface area contributed by atoms with Crippen molar-refractivity contribution in [2.45, 2.75) is 62.4 Å². The third-order valence-electron chi connectivity index (χ3n) is 9.49. The van der Waals surface area contributed by atoms with Crippen LogP contribution in [0.1, 0.15) is 37.7 Å². The van der Waals surface area contributed by atoms with Crippen LogP contribution in [0.4, 0.5) is 5.69 Å². The first kappa shape index (κ1) is 29.1. The zero-order valence-corrected chi connectivity index (χ0v) is 25.2. The topological polar surface area (TPSA) is 106 Å². The largest absolute Gasteiger partial charge is 0.497 e. The summed E-state index contributed by atoms with van der Waals surface area (Å²) in [7, 11) is 1.60. The molecule has 3 heterocycles. The summed E-state index contributed by atoms with van der Waals surface area (Å²) in [5, 5.41) is 6.22. The lowest BCUT2D eigenvalue weighted by Crippen LogP contribution is -2.56. The molecule has 232 valence electrons. The lowest BCUT2D eigenvalue weighted by Gasteiger charge is -2.34. The number of hydrogen-bond acceptors (Lipinski definition) is 6. The number of hydrogen-bond donors (Lipinski definition) is 2. The van der Waals surface area contributed by atoms with E-state index in [0.717, 1.165) is 37.7 Å². The van der Waals surface area contributed by atoms with Gasteiger partial charge in [-0.1, -0.05) is 61.7 Å². The van der Waals surface area contributed by atoms with Crippen molar-refractivity contribution >= 4 is 23.4 Å². The predicted molar refractivity (Wildman–Crippen MR) is 168 cm³/mol. The normalized spacial score (nSPS) is 26.9. The molecule has 3 amide bonds. The molecule has 0 radical (unpaired) electrons. The molecule has 4 aliphatic rings. The highest BCUT2D eigenvalue weighted by Gasteiger charge is 2.72. The van der Waals surface area contributed by atoms with Crippen molar-refractivity contribution in [2.24, 2.45) is 11.8 Å². The van der Waals surface area contributed by atoms with E-state index in [0.29, 0.717) is 22.9 Å². The van der Waals surface area contributed by atoms with Crippen LogP contribution in [0, 0.1) is 11.8 Å². The number of nitrogens with zero attached hydrogens (tertiary/aromatic N) is 1. The molecular formula is C36H37N3O6. The number of benzene rings is 3. The van der Waals surface area contributed by atoms with Gasteiger partial charge in [0, 0.05) is 18.3 Å². The van der Waals surface area contributed by atoms with E-state index >= 15 is 0 Å². The predicted octanol–water partition coefficient (Wildman–Crippen LogP) is 5.23. The molecule has 2 N–H and O–H groups in total. The Morgan fingerprint density at radius 2 is 1.58 bits per heavy atom. The summed E-state index contributed by atoms with van der Waals surface area (Å²) >= 11 is 0. The Morgan fingerprint density at radius 3 is 2.29 bits per heavy atom. The first-order chi connectivity index (χ1) is 21.9. The van der Waals surface area contributed by atoms with E-state index in [2.05, 4.69) is 10.6 Å². The molecule has 45 heavy (non-hydrogen) atoms. The van der Waals surface area contributed by atoms with Crippen molar-refractivity contribution < 1.29 is 28.6 Å². The van der Waals surface area contributed by atoms with Crippen LogP contribution >= 0.6 is 0 Å². The van der Waals surface area contributed by atoms with Gasteiger partial charge >= 0.3 is 0 Å². The van der Waals surface area contributed by atoms with Crippen molar-refractivity contribution in [1.29, 1.82) is 0 Å². The fraction of sp³-hybridized carbons (Fsp3) is 0.361. The highest BCUT2D eigenvalue weighted by molar-refractivity contribution is 6.02. The zero-order valence-electron chi connectivity index (χ0n) is 25.2. The SMILES string of the molecule is COc1ccc(CN2C(=O)[C@H]3[C@@H](C(=O)Nc4ccc(Oc5ccccc5)cc4)[C@H]4C=C[C@@]3(O4)[C@@H]2C(=O)NC2CCCCC2)cc1. The van der Waals surface area contributed by atoms with E-state index < -0.39 is 29.6 Å². The molecule has 3 fully saturated rings. The number of fused-ring (bicyclic) bond motifs is 1. The van der Waals surface area contributed by atoms with Crippen LogP contribution in [-0.2, 0) is 25.7 Å². The number of nitrogens with one attached hydrogen (secondary N) is 2. The van der Waals surface area contributed by atoms with Crippen molar-refractivity contribution in [2.75, 3.05) is 12.4 Å². The second-order valence-electron chi connectivity index (χ2n) is 12.3. The molecule has 3 aliphatic heterocycles. The van der Waals surface area contributed by atoms with Gasteiger partial charge in [-0.25, -0.2) is 0 Å². The fourth-order valence-electron chi connectivity index (χ4n) is 7.35. The van der Waals surface area contributed by atoms with E-state index in [9.17, 15) is 14.4 Å². The van der Waals surface area contributed by atoms with Crippen LogP contribution in [0.15, 0.2) is 91.0 Å². The van der Waals surface area contributed by atoms with E-state index in [-0.39, 0.29) is 30.3 Å². The fourth-order valence-corrected chi connectivity index (χ4v) is 7.35. The molecular weight excluding hydrogens is 570 g/mol. The second-order valence-corrected chi connectivity index (χ2v) is 12.3. The van der Waals surface area contributed by atoms with E-state index in [4.69, 9.17) is 14.2 Å². The van der Waals surface area contributed by atoms with Gasteiger partial charge in [-0.15, -0.1) is 0 Å². The number of rotatable bonds is 9. The van der Waals surface area contributed by atoms with Crippen LogP contribution in [0.25, 0.3) is 0 Å². The number of methoxy groups -OCH3 is 1. The maximum atomic E-state index is 14.3. The van der Waals surface area contributed by atoms with Gasteiger partial charge in [0.15, 0.2) is 0 Å². The molecule has 1 saturated carbocycles. The van der Waals surface area contributed by atoms with Crippen molar-refractivity contribution in [3.63, 3.8) is 0 Å². The standard InChI is InChI=1S/C36H37N3O6/c1-43-26-16-12-23(13-17-26)22-39-32(34(41)38-24-8-4-2-5-9-24)36-21-20-29(45-36)30(31(36)35(39)42)33(40)37-25-14-18-28(19-15-25)44-27-10-6-3-7-11-27/h3,6-7,10-21,24,29-32H,2,4-5,8-9,22H2,1H3,(H,37,40)(H,38,41)/t29-,30+,31-,32+,36+/m1/s1. The van der Waals surface area contributed by atoms with Crippen LogP contribution in [0.5, 0.6) is 17.2 Å². The Balaban J connectivity index is 1.13. The Kier molecular flexibility index (Phi) is 7.79. The van der Waals surface area contributed by atoms with Crippen LogP contribution in [0.2, 0.25) is 0 Å². The minimum atomic E-state index is -1.22. The average Bonchev–Trinajstić information content (AvgIpc) is 3.71. The van der Waals surface area contributed by atoms with Crippen LogP contribution < -0.4 is 20.1 Å². The van der Waals surface area contributed by atoms with E-state index in [1.165, 1.54) is 0 Å². The minimum Gasteiger partial charge on any atom is -0.497 e. The lowest BCUT2D eigenvalue weighted by atomic mass is 9.74. The molecule has 2 saturated heterocycles. The zero-order chi connectivity index (χ0) is 31.0. The first-order valence-electron chi connectivity index (χ1n) is 15.7. The number of ether oxygens (including phenoxy) is 3. The van der Waals surface area contributed by atoms with Gasteiger partial charge in [0.2, 0.25) is 17.7 Å². The molecule has 0 aromatic heterocycles. The van der Waals surface area contributed by atoms with Crippen LogP contribution in [0.3, 0.4) is 0 Å². The molecule has 2 bridgehead atoms. The van der Waals surface area contributed by atoms with Gasteiger partial charge in [-0.3, -0.25) is 14.4 Å². The molecule has 1 spiro atoms. The van der Waals surface area contributed by atoms with Gasteiger partial charge in [0.1, 0.15) is 28.9 Å². The monoisotopic (exact) mass is 607 g/mol. The third kappa shape index (κ3) is 5.46. The third-order valence-corrected chi connectivity index (χ3v) is 9.49. The lowest BCUT2D eigenvalue weighted by molar-refractivity contribution is -0.142. The van der Waals surface area contributed by atoms with Gasteiger partial charge in [0.05, 0.1) is 25.0 Å². The molecule has 1 aliphatic carbocycles. The molecule has 0 unspecified atom stereocenters. The van der Waals surface area contributed by atoms with Crippen LogP contribution in [-0.4, -0.2) is 53.5 Å². The molecule has 5 atom stereocenters. The van der Waals surface area contributed by atoms with Crippen molar-refractivity contribution in [1.82, 2.24) is 10.2 Å². The highest BCUT2D eigenvalue weighted by atomic mass is 16.5. The maximum absolute atomic E-state index is 14.3. The highest BCUT2D eigenvalue weighted by Crippen LogP contribution is 2.55. The molecule has 3 aromatic carbocycles. The Labute approximate surface area is 262 Å². The summed E-state index contributed by atoms with van der Waals surface area (Å²) in [6.45, 7) is 0.211. The van der Waals surface area contributed by atoms with E-state index in [1.807, 2.05) is 66.7 Å². The molecule has 9 heteroatoms. The van der Waals surface area contributed by atoms with Crippen molar-refractivity contribution in [3.8, 4) is 17.2 Å². The molecule has 7 rings (SSSR count). The Bertz CT molecular complexity index is 1590. The summed E-state index contributed by atoms with van der Waals surface area (Å²) in [5.74, 6) is -0.362. The van der Waals surface area contributed by atoms with E-state index in [1.54, 1.807) is 36.3 Å². The minimum absolute atomic E-state index is 0.0650. The van der Waals surface area contributed by atoms with Gasteiger partial charge < -0.3 is 29.7 Å². The number of para-hydroxylation sites is 1. The summed E-state index contributed by atoms with van der Waals surface area (Å²) in [6.07, 6.45) is 8.21. The smallest absolute Gasteiger partial charge is 0.246 e. The summed E-state index contributed by atoms with van der Waals surface area (Å²) in [4.78, 5) is 43.8. The average molecular weight is 608 g/mol. The van der Waals surface area contributed by atoms with Gasteiger partial charge in [0.25, 0.3) is 0 Å². The summed E-state index contributed by atoms with van der Waals surface area (Å²) in [5.41, 5.74) is 0.212. The Morgan fingerprint density at radius 1 is 0.889 bits per heavy atom. The van der Waals surface area contributed by atoms with Gasteiger partial charge in [-0.05, 0) is 66.9 Å².